The normalized spacial score (nSPS) is 11.4. The molecule has 1 heterocycles. The van der Waals surface area contributed by atoms with E-state index in [4.69, 9.17) is 0 Å². The van der Waals surface area contributed by atoms with E-state index in [2.05, 4.69) is 5.10 Å². The van der Waals surface area contributed by atoms with Crippen LogP contribution in [0.1, 0.15) is 0 Å². The quantitative estimate of drug-likeness (QED) is 0.392. The van der Waals surface area contributed by atoms with E-state index < -0.39 is 36.4 Å². The Labute approximate surface area is 182 Å². The van der Waals surface area contributed by atoms with E-state index in [1.165, 1.54) is 12.1 Å². The summed E-state index contributed by atoms with van der Waals surface area (Å²) in [6, 6.07) is 6.00. The van der Waals surface area contributed by atoms with Crippen LogP contribution in [-0.2, 0) is 26.8 Å². The largest absolute Gasteiger partial charge is 1.00 e. The zero-order valence-corrected chi connectivity index (χ0v) is 18.6. The molecule has 0 atom stereocenters. The molecule has 0 fully saturated rings. The van der Waals surface area contributed by atoms with Crippen LogP contribution in [0.15, 0.2) is 40.0 Å². The van der Waals surface area contributed by atoms with Gasteiger partial charge in [-0.1, -0.05) is 12.1 Å². The van der Waals surface area contributed by atoms with Crippen molar-refractivity contribution in [1.82, 2.24) is 9.78 Å². The van der Waals surface area contributed by atoms with E-state index in [1.54, 1.807) is 0 Å². The Bertz CT molecular complexity index is 947. The zero-order valence-electron chi connectivity index (χ0n) is 12.9. The van der Waals surface area contributed by atoms with E-state index in [0.717, 1.165) is 22.9 Å². The van der Waals surface area contributed by atoms with Crippen LogP contribution in [0.5, 0.6) is 0 Å². The van der Waals surface area contributed by atoms with Gasteiger partial charge < -0.3 is 9.11 Å². The Kier molecular flexibility index (Phi) is 9.14. The molecule has 0 bridgehead atoms. The number of hydrogen-bond acceptors (Lipinski definition) is 7. The summed E-state index contributed by atoms with van der Waals surface area (Å²) in [5.41, 5.74) is 0.176. The monoisotopic (exact) mass is 392 g/mol. The molecule has 13 heteroatoms. The zero-order chi connectivity index (χ0) is 16.5. The van der Waals surface area contributed by atoms with E-state index in [1.807, 2.05) is 0 Å². The average molecular weight is 392 g/mol. The molecule has 0 aliphatic rings. The van der Waals surface area contributed by atoms with Crippen LogP contribution < -0.4 is 64.7 Å². The fourth-order valence-electron chi connectivity index (χ4n) is 1.75. The minimum Gasteiger partial charge on any atom is -0.748 e. The number of H-pyrrole nitrogens is 1. The van der Waals surface area contributed by atoms with Gasteiger partial charge in [0.2, 0.25) is 0 Å². The van der Waals surface area contributed by atoms with E-state index >= 15 is 0 Å². The summed E-state index contributed by atoms with van der Waals surface area (Å²) in [6.07, 6.45) is 0. The van der Waals surface area contributed by atoms with Gasteiger partial charge in [-0.25, -0.2) is 16.8 Å². The van der Waals surface area contributed by atoms with Gasteiger partial charge in [0.1, 0.15) is 10.1 Å². The molecule has 0 aliphatic heterocycles. The van der Waals surface area contributed by atoms with Gasteiger partial charge in [-0.2, -0.15) is 0 Å². The predicted molar refractivity (Wildman–Crippen MR) is 73.0 cm³/mol. The Balaban J connectivity index is 0.00000264. The summed E-state index contributed by atoms with van der Waals surface area (Å²) in [5.74, 6) is -0.736. The molecule has 1 N–H and O–H groups in total. The Hall–Kier alpha value is 0.0500. The van der Waals surface area contributed by atoms with Crippen molar-refractivity contribution in [2.24, 2.45) is 0 Å². The average Bonchev–Trinajstić information content (AvgIpc) is 2.76. The van der Waals surface area contributed by atoms with Crippen LogP contribution in [0.4, 0.5) is 0 Å². The Morgan fingerprint density at radius 3 is 2.00 bits per heavy atom. The SMILES string of the molecule is O=c1cc(-c2ccc(S(=O)(=O)[O-])cc2)[nH]n1CCS(=O)(=O)[O-].[Na+].[Na+]. The van der Waals surface area contributed by atoms with Crippen molar-refractivity contribution in [2.75, 3.05) is 5.75 Å². The summed E-state index contributed by atoms with van der Waals surface area (Å²) < 4.78 is 65.0. The number of rotatable bonds is 5. The van der Waals surface area contributed by atoms with Gasteiger partial charge in [-0.15, -0.1) is 0 Å². The fourth-order valence-corrected chi connectivity index (χ4v) is 2.63. The van der Waals surface area contributed by atoms with Crippen molar-refractivity contribution in [3.05, 3.63) is 40.7 Å². The van der Waals surface area contributed by atoms with Gasteiger partial charge in [-0.05, 0) is 17.7 Å². The van der Waals surface area contributed by atoms with Crippen LogP contribution in [0, 0.1) is 0 Å². The second-order valence-corrected chi connectivity index (χ2v) is 7.30. The van der Waals surface area contributed by atoms with Crippen LogP contribution in [0.2, 0.25) is 0 Å². The van der Waals surface area contributed by atoms with Crippen LogP contribution in [0.3, 0.4) is 0 Å². The summed E-state index contributed by atoms with van der Waals surface area (Å²) in [5, 5.41) is 2.60. The first-order valence-corrected chi connectivity index (χ1v) is 8.84. The van der Waals surface area contributed by atoms with Gasteiger partial charge in [0, 0.05) is 6.07 Å². The van der Waals surface area contributed by atoms with Gasteiger partial charge in [-0.3, -0.25) is 14.6 Å². The van der Waals surface area contributed by atoms with Gasteiger partial charge in [0.25, 0.3) is 5.56 Å². The Morgan fingerprint density at radius 2 is 1.54 bits per heavy atom. The molecular formula is C11H10N2Na2O7S2. The van der Waals surface area contributed by atoms with Crippen LogP contribution >= 0.6 is 0 Å². The molecule has 24 heavy (non-hydrogen) atoms. The molecule has 0 saturated carbocycles. The standard InChI is InChI=1S/C11H12N2O7S2.2Na/c14-11-7-10(12-13(11)5-6-21(15,16)17)8-1-3-9(4-2-8)22(18,19)20;;/h1-4,7,12H,5-6H2,(H,15,16,17)(H,18,19,20);;/q;2*+1/p-2. The van der Waals surface area contributed by atoms with Crippen molar-refractivity contribution < 1.29 is 85.1 Å². The second kappa shape index (κ2) is 9.12. The third kappa shape index (κ3) is 6.75. The molecule has 0 unspecified atom stereocenters. The smallest absolute Gasteiger partial charge is 0.748 e. The van der Waals surface area contributed by atoms with Crippen molar-refractivity contribution >= 4 is 20.2 Å². The van der Waals surface area contributed by atoms with Crippen molar-refractivity contribution in [1.29, 1.82) is 0 Å². The molecule has 0 amide bonds. The first-order valence-electron chi connectivity index (χ1n) is 5.86. The summed E-state index contributed by atoms with van der Waals surface area (Å²) in [7, 11) is -9.01. The maximum Gasteiger partial charge on any atom is 1.00 e. The maximum atomic E-state index is 11.6. The molecule has 2 aromatic rings. The van der Waals surface area contributed by atoms with Crippen molar-refractivity contribution in [2.45, 2.75) is 11.4 Å². The summed E-state index contributed by atoms with van der Waals surface area (Å²) >= 11 is 0. The van der Waals surface area contributed by atoms with E-state index in [9.17, 15) is 30.7 Å². The molecule has 0 radical (unpaired) electrons. The van der Waals surface area contributed by atoms with Crippen molar-refractivity contribution in [3.63, 3.8) is 0 Å². The minimum absolute atomic E-state index is 0. The number of nitrogens with zero attached hydrogens (tertiary/aromatic N) is 1. The molecule has 1 aromatic heterocycles. The number of aromatic amines is 1. The Morgan fingerprint density at radius 1 is 1.00 bits per heavy atom. The molecule has 9 nitrogen and oxygen atoms in total. The van der Waals surface area contributed by atoms with Crippen molar-refractivity contribution in [3.8, 4) is 11.3 Å². The van der Waals surface area contributed by atoms with Gasteiger partial charge >= 0.3 is 59.1 Å². The topological polar surface area (TPSA) is 152 Å². The molecule has 1 aromatic carbocycles. The molecule has 2 rings (SSSR count). The number of nitrogens with one attached hydrogen (secondary N) is 1. The predicted octanol–water partition coefficient (Wildman–Crippen LogP) is -6.70. The number of benzene rings is 1. The van der Waals surface area contributed by atoms with Gasteiger partial charge in [0.05, 0.1) is 33.0 Å². The fraction of sp³-hybridized carbons (Fsp3) is 0.182. The van der Waals surface area contributed by atoms with Gasteiger partial charge in [0.15, 0.2) is 0 Å². The minimum atomic E-state index is -4.56. The van der Waals surface area contributed by atoms with Crippen LogP contribution in [0.25, 0.3) is 11.3 Å². The summed E-state index contributed by atoms with van der Waals surface area (Å²) in [6.45, 7) is -0.322. The first-order chi connectivity index (χ1) is 10.1. The third-order valence-electron chi connectivity index (χ3n) is 2.81. The molecule has 0 aliphatic carbocycles. The van der Waals surface area contributed by atoms with E-state index in [-0.39, 0.29) is 65.7 Å². The molecule has 0 spiro atoms. The third-order valence-corrected chi connectivity index (χ3v) is 4.34. The summed E-state index contributed by atoms with van der Waals surface area (Å²) in [4.78, 5) is 11.2. The molecule has 0 saturated heterocycles. The number of hydrogen-bond donors (Lipinski definition) is 1. The molecular weight excluding hydrogens is 382 g/mol. The first kappa shape index (κ1) is 24.1. The molecule has 120 valence electrons. The second-order valence-electron chi connectivity index (χ2n) is 4.40. The van der Waals surface area contributed by atoms with Crippen LogP contribution in [-0.4, -0.2) is 41.5 Å². The maximum absolute atomic E-state index is 11.6. The number of aromatic nitrogens is 2. The van der Waals surface area contributed by atoms with E-state index in [0.29, 0.717) is 11.3 Å². The number of aryl methyl sites for hydroxylation is 1.